The number of aliphatic imine (C=N–C) groups is 1. The van der Waals surface area contributed by atoms with Crippen LogP contribution in [0.5, 0.6) is 11.5 Å². The summed E-state index contributed by atoms with van der Waals surface area (Å²) in [5.41, 5.74) is 0.953. The number of benzene rings is 1. The molecule has 160 valence electrons. The maximum Gasteiger partial charge on any atom is 0.401 e. The van der Waals surface area contributed by atoms with E-state index < -0.39 is 12.7 Å². The van der Waals surface area contributed by atoms with E-state index in [0.717, 1.165) is 5.56 Å². The molecule has 1 unspecified atom stereocenters. The van der Waals surface area contributed by atoms with Gasteiger partial charge in [-0.05, 0) is 18.6 Å². The highest BCUT2D eigenvalue weighted by Gasteiger charge is 2.34. The van der Waals surface area contributed by atoms with Crippen molar-refractivity contribution in [2.24, 2.45) is 4.99 Å². The van der Waals surface area contributed by atoms with Crippen LogP contribution in [0.25, 0.3) is 0 Å². The Morgan fingerprint density at radius 2 is 2.04 bits per heavy atom. The second kappa shape index (κ2) is 10.9. The molecule has 2 rings (SSSR count). The summed E-state index contributed by atoms with van der Waals surface area (Å²) in [4.78, 5) is 7.59. The number of guanidine groups is 1. The van der Waals surface area contributed by atoms with Crippen molar-refractivity contribution in [3.8, 4) is 11.5 Å². The first-order valence-corrected chi connectivity index (χ1v) is 8.70. The summed E-state index contributed by atoms with van der Waals surface area (Å²) in [7, 11) is 6.73. The van der Waals surface area contributed by atoms with E-state index in [4.69, 9.17) is 9.47 Å². The standard InChI is InChI=1S/C18H27F3N4O2.HI/c1-22-17(23-14-7-8-25(11-14)12-18(19,20)21)24(2)10-13-5-6-15(26-3)9-16(13)27-4;/h5-6,9,14H,7-8,10-12H2,1-4H3,(H,22,23);1H. The molecule has 0 bridgehead atoms. The highest BCUT2D eigenvalue weighted by molar-refractivity contribution is 14.0. The van der Waals surface area contributed by atoms with E-state index >= 15 is 0 Å². The van der Waals surface area contributed by atoms with Gasteiger partial charge in [-0.25, -0.2) is 0 Å². The van der Waals surface area contributed by atoms with Crippen molar-refractivity contribution in [2.45, 2.75) is 25.2 Å². The predicted octanol–water partition coefficient (Wildman–Crippen LogP) is 2.97. The fourth-order valence-corrected chi connectivity index (χ4v) is 3.19. The van der Waals surface area contributed by atoms with Crippen LogP contribution in [-0.4, -0.2) is 75.9 Å². The Kier molecular flexibility index (Phi) is 9.61. The third-order valence-corrected chi connectivity index (χ3v) is 4.48. The van der Waals surface area contributed by atoms with Crippen molar-refractivity contribution in [1.82, 2.24) is 15.1 Å². The molecule has 6 nitrogen and oxygen atoms in total. The zero-order valence-electron chi connectivity index (χ0n) is 16.5. The first kappa shape index (κ1) is 24.6. The minimum absolute atomic E-state index is 0. The molecule has 1 N–H and O–H groups in total. The molecule has 0 amide bonds. The molecule has 10 heteroatoms. The molecule has 1 aromatic rings. The van der Waals surface area contributed by atoms with E-state index in [1.807, 2.05) is 30.1 Å². The molecule has 0 aliphatic carbocycles. The Hall–Kier alpha value is -1.43. The summed E-state index contributed by atoms with van der Waals surface area (Å²) in [5.74, 6) is 2.04. The van der Waals surface area contributed by atoms with Gasteiger partial charge in [0.25, 0.3) is 0 Å². The lowest BCUT2D eigenvalue weighted by Gasteiger charge is -2.26. The van der Waals surface area contributed by atoms with Crippen LogP contribution in [0.2, 0.25) is 0 Å². The average molecular weight is 516 g/mol. The third kappa shape index (κ3) is 7.19. The molecule has 1 atom stereocenters. The largest absolute Gasteiger partial charge is 0.497 e. The Morgan fingerprint density at radius 3 is 2.61 bits per heavy atom. The Bertz CT molecular complexity index is 658. The minimum atomic E-state index is -4.17. The van der Waals surface area contributed by atoms with Crippen molar-refractivity contribution >= 4 is 29.9 Å². The second-order valence-electron chi connectivity index (χ2n) is 6.56. The minimum Gasteiger partial charge on any atom is -0.497 e. The summed E-state index contributed by atoms with van der Waals surface area (Å²) >= 11 is 0. The lowest BCUT2D eigenvalue weighted by atomic mass is 10.2. The van der Waals surface area contributed by atoms with Gasteiger partial charge in [0.2, 0.25) is 0 Å². The quantitative estimate of drug-likeness (QED) is 0.358. The summed E-state index contributed by atoms with van der Waals surface area (Å²) in [5, 5.41) is 3.26. The zero-order valence-corrected chi connectivity index (χ0v) is 18.9. The molecule has 1 fully saturated rings. The molecule has 0 saturated carbocycles. The van der Waals surface area contributed by atoms with Crippen molar-refractivity contribution in [3.05, 3.63) is 23.8 Å². The Balaban J connectivity index is 0.00000392. The van der Waals surface area contributed by atoms with E-state index in [1.54, 1.807) is 21.3 Å². The van der Waals surface area contributed by atoms with Gasteiger partial charge in [-0.2, -0.15) is 13.2 Å². The lowest BCUT2D eigenvalue weighted by Crippen LogP contribution is -2.45. The first-order chi connectivity index (χ1) is 12.8. The SMILES string of the molecule is CN=C(NC1CCN(CC(F)(F)F)C1)N(C)Cc1ccc(OC)cc1OC.I. The number of rotatable bonds is 6. The Morgan fingerprint density at radius 1 is 1.32 bits per heavy atom. The van der Waals surface area contributed by atoms with Crippen LogP contribution < -0.4 is 14.8 Å². The highest BCUT2D eigenvalue weighted by Crippen LogP contribution is 2.25. The van der Waals surface area contributed by atoms with Gasteiger partial charge in [0.1, 0.15) is 11.5 Å². The summed E-state index contributed by atoms with van der Waals surface area (Å²) < 4.78 is 48.3. The average Bonchev–Trinajstić information content (AvgIpc) is 3.04. The van der Waals surface area contributed by atoms with E-state index in [9.17, 15) is 13.2 Å². The number of likely N-dealkylation sites (tertiary alicyclic amines) is 1. The summed E-state index contributed by atoms with van der Waals surface area (Å²) in [6.45, 7) is 0.427. The maximum atomic E-state index is 12.5. The zero-order chi connectivity index (χ0) is 20.0. The molecule has 1 aliphatic rings. The number of halogens is 4. The number of hydrogen-bond donors (Lipinski definition) is 1. The van der Waals surface area contributed by atoms with Crippen molar-refractivity contribution in [3.63, 3.8) is 0 Å². The van der Waals surface area contributed by atoms with Crippen LogP contribution in [-0.2, 0) is 6.54 Å². The number of alkyl halides is 3. The fourth-order valence-electron chi connectivity index (χ4n) is 3.19. The number of ether oxygens (including phenoxy) is 2. The van der Waals surface area contributed by atoms with Crippen LogP contribution in [0.1, 0.15) is 12.0 Å². The maximum absolute atomic E-state index is 12.5. The molecule has 1 saturated heterocycles. The summed E-state index contributed by atoms with van der Waals surface area (Å²) in [6, 6.07) is 5.52. The topological polar surface area (TPSA) is 49.3 Å². The Labute approximate surface area is 181 Å². The molecule has 1 aromatic carbocycles. The van der Waals surface area contributed by atoms with E-state index in [0.29, 0.717) is 43.5 Å². The molecule has 28 heavy (non-hydrogen) atoms. The molecule has 0 radical (unpaired) electrons. The highest BCUT2D eigenvalue weighted by atomic mass is 127. The van der Waals surface area contributed by atoms with E-state index in [-0.39, 0.29) is 30.0 Å². The number of hydrogen-bond acceptors (Lipinski definition) is 4. The molecule has 0 spiro atoms. The molecule has 0 aromatic heterocycles. The van der Waals surface area contributed by atoms with Gasteiger partial charge in [0.15, 0.2) is 5.96 Å². The molecule has 1 aliphatic heterocycles. The lowest BCUT2D eigenvalue weighted by molar-refractivity contribution is -0.143. The van der Waals surface area contributed by atoms with Gasteiger partial charge >= 0.3 is 6.18 Å². The fraction of sp³-hybridized carbons (Fsp3) is 0.611. The van der Waals surface area contributed by atoms with E-state index in [2.05, 4.69) is 10.3 Å². The molecular formula is C18H28F3IN4O2. The molecule has 1 heterocycles. The van der Waals surface area contributed by atoms with Crippen molar-refractivity contribution in [1.29, 1.82) is 0 Å². The van der Waals surface area contributed by atoms with Gasteiger partial charge in [-0.1, -0.05) is 0 Å². The van der Waals surface area contributed by atoms with Gasteiger partial charge in [-0.3, -0.25) is 9.89 Å². The smallest absolute Gasteiger partial charge is 0.401 e. The van der Waals surface area contributed by atoms with Gasteiger partial charge in [0.05, 0.1) is 20.8 Å². The first-order valence-electron chi connectivity index (χ1n) is 8.70. The van der Waals surface area contributed by atoms with Crippen LogP contribution in [0.4, 0.5) is 13.2 Å². The normalized spacial score (nSPS) is 17.8. The number of nitrogens with one attached hydrogen (secondary N) is 1. The van der Waals surface area contributed by atoms with Gasteiger partial charge in [0, 0.05) is 51.4 Å². The van der Waals surface area contributed by atoms with Crippen LogP contribution in [0.3, 0.4) is 0 Å². The van der Waals surface area contributed by atoms with Crippen molar-refractivity contribution < 1.29 is 22.6 Å². The number of methoxy groups -OCH3 is 2. The van der Waals surface area contributed by atoms with Gasteiger partial charge in [-0.15, -0.1) is 24.0 Å². The predicted molar refractivity (Wildman–Crippen MR) is 114 cm³/mol. The third-order valence-electron chi connectivity index (χ3n) is 4.48. The van der Waals surface area contributed by atoms with Crippen LogP contribution >= 0.6 is 24.0 Å². The van der Waals surface area contributed by atoms with Gasteiger partial charge < -0.3 is 19.7 Å². The van der Waals surface area contributed by atoms with Crippen LogP contribution in [0.15, 0.2) is 23.2 Å². The monoisotopic (exact) mass is 516 g/mol. The van der Waals surface area contributed by atoms with Crippen LogP contribution in [0, 0.1) is 0 Å². The summed E-state index contributed by atoms with van der Waals surface area (Å²) in [6.07, 6.45) is -3.52. The van der Waals surface area contributed by atoms with Crippen molar-refractivity contribution in [2.75, 3.05) is 47.9 Å². The second-order valence-corrected chi connectivity index (χ2v) is 6.56. The molecular weight excluding hydrogens is 488 g/mol. The number of nitrogens with zero attached hydrogens (tertiary/aromatic N) is 3. The van der Waals surface area contributed by atoms with E-state index in [1.165, 1.54) is 4.90 Å².